The SMILES string of the molecule is CN1C2CCC1CC(c1nc(CCN)cc(=O)[nH]1)C2. The lowest BCUT2D eigenvalue weighted by atomic mass is 9.90. The number of hydrogen-bond donors (Lipinski definition) is 2. The van der Waals surface area contributed by atoms with Gasteiger partial charge < -0.3 is 15.6 Å². The van der Waals surface area contributed by atoms with Crippen molar-refractivity contribution in [3.63, 3.8) is 0 Å². The Hall–Kier alpha value is -1.20. The van der Waals surface area contributed by atoms with E-state index in [4.69, 9.17) is 5.73 Å². The van der Waals surface area contributed by atoms with Crippen LogP contribution < -0.4 is 11.3 Å². The zero-order chi connectivity index (χ0) is 13.4. The van der Waals surface area contributed by atoms with E-state index in [0.29, 0.717) is 31.0 Å². The Morgan fingerprint density at radius 1 is 1.42 bits per heavy atom. The first kappa shape index (κ1) is 12.8. The highest BCUT2D eigenvalue weighted by Crippen LogP contribution is 2.40. The molecule has 3 N–H and O–H groups in total. The smallest absolute Gasteiger partial charge is 0.251 e. The van der Waals surface area contributed by atoms with E-state index < -0.39 is 0 Å². The number of hydrogen-bond acceptors (Lipinski definition) is 4. The summed E-state index contributed by atoms with van der Waals surface area (Å²) in [6.45, 7) is 0.536. The van der Waals surface area contributed by atoms with Gasteiger partial charge in [0, 0.05) is 36.2 Å². The summed E-state index contributed by atoms with van der Waals surface area (Å²) in [5.74, 6) is 1.28. The molecule has 0 aliphatic carbocycles. The second-order valence-corrected chi connectivity index (χ2v) is 5.88. The summed E-state index contributed by atoms with van der Waals surface area (Å²) in [6.07, 6.45) is 5.47. The van der Waals surface area contributed by atoms with Gasteiger partial charge in [0.25, 0.3) is 5.56 Å². The molecule has 2 bridgehead atoms. The zero-order valence-corrected chi connectivity index (χ0v) is 11.4. The minimum absolute atomic E-state index is 0.0419. The van der Waals surface area contributed by atoms with Crippen molar-refractivity contribution in [1.82, 2.24) is 14.9 Å². The Morgan fingerprint density at radius 3 is 2.74 bits per heavy atom. The highest BCUT2D eigenvalue weighted by Gasteiger charge is 2.39. The van der Waals surface area contributed by atoms with Gasteiger partial charge in [0.05, 0.1) is 0 Å². The first-order valence-corrected chi connectivity index (χ1v) is 7.19. The van der Waals surface area contributed by atoms with E-state index in [1.807, 2.05) is 0 Å². The Morgan fingerprint density at radius 2 is 2.11 bits per heavy atom. The maximum atomic E-state index is 11.7. The summed E-state index contributed by atoms with van der Waals surface area (Å²) in [6, 6.07) is 2.89. The molecule has 19 heavy (non-hydrogen) atoms. The van der Waals surface area contributed by atoms with Crippen LogP contribution in [-0.2, 0) is 6.42 Å². The molecule has 2 saturated heterocycles. The predicted molar refractivity (Wildman–Crippen MR) is 74.2 cm³/mol. The average molecular weight is 262 g/mol. The van der Waals surface area contributed by atoms with Crippen LogP contribution in [0.3, 0.4) is 0 Å². The minimum Gasteiger partial charge on any atom is -0.330 e. The first-order valence-electron chi connectivity index (χ1n) is 7.19. The molecular formula is C14H22N4O. The van der Waals surface area contributed by atoms with Crippen molar-refractivity contribution in [3.8, 4) is 0 Å². The Balaban J connectivity index is 1.84. The van der Waals surface area contributed by atoms with E-state index in [2.05, 4.69) is 21.9 Å². The van der Waals surface area contributed by atoms with Crippen LogP contribution >= 0.6 is 0 Å². The number of nitrogens with two attached hydrogens (primary N) is 1. The van der Waals surface area contributed by atoms with Gasteiger partial charge in [-0.2, -0.15) is 0 Å². The standard InChI is InChI=1S/C14H22N4O/c1-18-11-2-3-12(18)7-9(6-11)14-16-10(4-5-15)8-13(19)17-14/h8-9,11-12H,2-7,15H2,1H3,(H,16,17,19). The van der Waals surface area contributed by atoms with Crippen molar-refractivity contribution in [3.05, 3.63) is 27.9 Å². The molecule has 0 radical (unpaired) electrons. The number of nitrogens with one attached hydrogen (secondary N) is 1. The highest BCUT2D eigenvalue weighted by atomic mass is 16.1. The van der Waals surface area contributed by atoms with Crippen molar-refractivity contribution < 1.29 is 0 Å². The van der Waals surface area contributed by atoms with Crippen molar-refractivity contribution in [2.24, 2.45) is 5.73 Å². The number of rotatable bonds is 3. The average Bonchev–Trinajstić information content (AvgIpc) is 2.62. The van der Waals surface area contributed by atoms with Gasteiger partial charge in [-0.1, -0.05) is 0 Å². The molecule has 1 aromatic rings. The normalized spacial score (nSPS) is 30.7. The topological polar surface area (TPSA) is 75.0 Å². The summed E-state index contributed by atoms with van der Waals surface area (Å²) in [5, 5.41) is 0. The van der Waals surface area contributed by atoms with Gasteiger partial charge in [-0.25, -0.2) is 4.98 Å². The van der Waals surface area contributed by atoms with Crippen molar-refractivity contribution in [2.45, 2.75) is 50.1 Å². The number of nitrogens with zero attached hydrogens (tertiary/aromatic N) is 2. The summed E-state index contributed by atoms with van der Waals surface area (Å²) in [4.78, 5) is 21.8. The number of fused-ring (bicyclic) bond motifs is 2. The van der Waals surface area contributed by atoms with E-state index in [9.17, 15) is 4.79 Å². The maximum Gasteiger partial charge on any atom is 0.251 e. The molecule has 1 aromatic heterocycles. The lowest BCUT2D eigenvalue weighted by molar-refractivity contribution is 0.158. The molecule has 2 aliphatic rings. The van der Waals surface area contributed by atoms with Gasteiger partial charge in [0.1, 0.15) is 5.82 Å². The molecule has 2 atom stereocenters. The zero-order valence-electron chi connectivity index (χ0n) is 11.4. The van der Waals surface area contributed by atoms with Crippen molar-refractivity contribution in [1.29, 1.82) is 0 Å². The fourth-order valence-corrected chi connectivity index (χ4v) is 3.63. The Bertz CT molecular complexity index is 498. The molecule has 3 rings (SSSR count). The molecule has 2 fully saturated rings. The molecule has 0 aromatic carbocycles. The van der Waals surface area contributed by atoms with Crippen LogP contribution in [0.4, 0.5) is 0 Å². The van der Waals surface area contributed by atoms with Crippen LogP contribution in [0.1, 0.15) is 43.1 Å². The summed E-state index contributed by atoms with van der Waals surface area (Å²) >= 11 is 0. The molecule has 2 aliphatic heterocycles. The van der Waals surface area contributed by atoms with Gasteiger partial charge in [0.2, 0.25) is 0 Å². The van der Waals surface area contributed by atoms with Crippen LogP contribution in [0.25, 0.3) is 0 Å². The molecule has 5 nitrogen and oxygen atoms in total. The molecule has 0 amide bonds. The number of H-pyrrole nitrogens is 1. The summed E-state index contributed by atoms with van der Waals surface area (Å²) < 4.78 is 0. The third-order valence-corrected chi connectivity index (χ3v) is 4.70. The van der Waals surface area contributed by atoms with Crippen LogP contribution in [0.2, 0.25) is 0 Å². The molecule has 5 heteroatoms. The lowest BCUT2D eigenvalue weighted by Gasteiger charge is -2.35. The number of piperidine rings is 1. The van der Waals surface area contributed by atoms with Gasteiger partial charge in [0.15, 0.2) is 0 Å². The van der Waals surface area contributed by atoms with E-state index in [0.717, 1.165) is 24.4 Å². The fourth-order valence-electron chi connectivity index (χ4n) is 3.63. The first-order chi connectivity index (χ1) is 9.17. The molecular weight excluding hydrogens is 240 g/mol. The number of aromatic amines is 1. The van der Waals surface area contributed by atoms with Crippen LogP contribution in [-0.4, -0.2) is 40.5 Å². The quantitative estimate of drug-likeness (QED) is 0.837. The van der Waals surface area contributed by atoms with Crippen molar-refractivity contribution >= 4 is 0 Å². The number of aromatic nitrogens is 2. The summed E-state index contributed by atoms with van der Waals surface area (Å²) in [5.41, 5.74) is 6.34. The van der Waals surface area contributed by atoms with Gasteiger partial charge in [-0.05, 0) is 39.3 Å². The van der Waals surface area contributed by atoms with Crippen LogP contribution in [0, 0.1) is 0 Å². The largest absolute Gasteiger partial charge is 0.330 e. The fraction of sp³-hybridized carbons (Fsp3) is 0.714. The van der Waals surface area contributed by atoms with Gasteiger partial charge >= 0.3 is 0 Å². The second-order valence-electron chi connectivity index (χ2n) is 5.88. The molecule has 2 unspecified atom stereocenters. The molecule has 104 valence electrons. The third-order valence-electron chi connectivity index (χ3n) is 4.70. The maximum absolute atomic E-state index is 11.7. The highest BCUT2D eigenvalue weighted by molar-refractivity contribution is 5.10. The predicted octanol–water partition coefficient (Wildman–Crippen LogP) is 0.611. The Labute approximate surface area is 113 Å². The van der Waals surface area contributed by atoms with Crippen LogP contribution in [0.5, 0.6) is 0 Å². The Kier molecular flexibility index (Phi) is 3.41. The van der Waals surface area contributed by atoms with Crippen molar-refractivity contribution in [2.75, 3.05) is 13.6 Å². The van der Waals surface area contributed by atoms with Gasteiger partial charge in [-0.3, -0.25) is 4.79 Å². The lowest BCUT2D eigenvalue weighted by Crippen LogP contribution is -2.39. The summed E-state index contributed by atoms with van der Waals surface area (Å²) in [7, 11) is 2.22. The van der Waals surface area contributed by atoms with E-state index in [-0.39, 0.29) is 5.56 Å². The van der Waals surface area contributed by atoms with E-state index in [1.54, 1.807) is 6.07 Å². The molecule has 0 spiro atoms. The van der Waals surface area contributed by atoms with Crippen LogP contribution in [0.15, 0.2) is 10.9 Å². The molecule has 0 saturated carbocycles. The minimum atomic E-state index is -0.0419. The second kappa shape index (κ2) is 5.06. The van der Waals surface area contributed by atoms with E-state index >= 15 is 0 Å². The monoisotopic (exact) mass is 262 g/mol. The third kappa shape index (κ3) is 2.44. The van der Waals surface area contributed by atoms with Gasteiger partial charge in [-0.15, -0.1) is 0 Å². The molecule has 3 heterocycles. The van der Waals surface area contributed by atoms with E-state index in [1.165, 1.54) is 12.8 Å².